The van der Waals surface area contributed by atoms with E-state index in [1.807, 2.05) is 31.2 Å². The third-order valence-electron chi connectivity index (χ3n) is 5.98. The number of halogens is 1. The van der Waals surface area contributed by atoms with E-state index in [2.05, 4.69) is 0 Å². The summed E-state index contributed by atoms with van der Waals surface area (Å²) in [5.41, 5.74) is 2.81. The number of rotatable bonds is 7. The fraction of sp³-hybridized carbons (Fsp3) is 0.192. The Morgan fingerprint density at radius 2 is 1.56 bits per heavy atom. The van der Waals surface area contributed by atoms with Crippen molar-refractivity contribution in [3.8, 4) is 0 Å². The van der Waals surface area contributed by atoms with E-state index in [1.54, 1.807) is 24.3 Å². The van der Waals surface area contributed by atoms with Crippen LogP contribution in [-0.2, 0) is 37.4 Å². The summed E-state index contributed by atoms with van der Waals surface area (Å²) in [4.78, 5) is 42.1. The predicted octanol–water partition coefficient (Wildman–Crippen LogP) is 3.20. The summed E-state index contributed by atoms with van der Waals surface area (Å²) >= 11 is 5.96. The molecule has 36 heavy (non-hydrogen) atoms. The number of anilines is 1. The number of carbonyl (C=O) groups excluding carboxylic acids is 3. The van der Waals surface area contributed by atoms with Crippen molar-refractivity contribution in [3.63, 3.8) is 0 Å². The highest BCUT2D eigenvalue weighted by atomic mass is 35.5. The van der Waals surface area contributed by atoms with Crippen LogP contribution >= 0.6 is 11.6 Å². The molecule has 0 bridgehead atoms. The Morgan fingerprint density at radius 3 is 2.14 bits per heavy atom. The van der Waals surface area contributed by atoms with E-state index in [0.29, 0.717) is 5.02 Å². The molecule has 0 radical (unpaired) electrons. The van der Waals surface area contributed by atoms with Crippen molar-refractivity contribution in [2.24, 2.45) is 5.14 Å². The fourth-order valence-corrected chi connectivity index (χ4v) is 4.70. The summed E-state index contributed by atoms with van der Waals surface area (Å²) in [6.07, 6.45) is -0.155. The average Bonchev–Trinajstić information content (AvgIpc) is 3.13. The number of imide groups is 1. The number of hydrogen-bond acceptors (Lipinski definition) is 5. The molecule has 0 saturated carbocycles. The van der Waals surface area contributed by atoms with Crippen molar-refractivity contribution in [1.29, 1.82) is 0 Å². The van der Waals surface area contributed by atoms with E-state index >= 15 is 0 Å². The van der Waals surface area contributed by atoms with Gasteiger partial charge in [0.25, 0.3) is 5.91 Å². The van der Waals surface area contributed by atoms with Gasteiger partial charge < -0.3 is 4.90 Å². The molecule has 186 valence electrons. The van der Waals surface area contributed by atoms with Gasteiger partial charge in [0.2, 0.25) is 21.8 Å². The Bertz CT molecular complexity index is 1410. The van der Waals surface area contributed by atoms with Gasteiger partial charge in [-0.05, 0) is 54.4 Å². The fourth-order valence-electron chi connectivity index (χ4n) is 4.06. The number of primary sulfonamides is 1. The number of nitrogens with two attached hydrogens (primary N) is 1. The lowest BCUT2D eigenvalue weighted by Gasteiger charge is -2.28. The van der Waals surface area contributed by atoms with Gasteiger partial charge in [0.15, 0.2) is 0 Å². The Hall–Kier alpha value is -3.53. The largest absolute Gasteiger partial charge is 0.325 e. The Morgan fingerprint density at radius 1 is 0.972 bits per heavy atom. The van der Waals surface area contributed by atoms with Crippen LogP contribution < -0.4 is 10.0 Å². The molecular formula is C26H24ClN3O5S. The third-order valence-corrected chi connectivity index (χ3v) is 7.17. The maximum Gasteiger partial charge on any atom is 0.257 e. The molecule has 1 atom stereocenters. The summed E-state index contributed by atoms with van der Waals surface area (Å²) in [7, 11) is -3.93. The number of aryl methyl sites for hydroxylation is 1. The molecule has 3 amide bonds. The predicted molar refractivity (Wildman–Crippen MR) is 136 cm³/mol. The molecule has 4 rings (SSSR count). The summed E-state index contributed by atoms with van der Waals surface area (Å²) in [5, 5.41) is 5.68. The maximum absolute atomic E-state index is 13.4. The van der Waals surface area contributed by atoms with Gasteiger partial charge in [-0.15, -0.1) is 0 Å². The molecule has 1 fully saturated rings. The lowest BCUT2D eigenvalue weighted by atomic mass is 10.1. The van der Waals surface area contributed by atoms with Gasteiger partial charge in [0, 0.05) is 11.6 Å². The van der Waals surface area contributed by atoms with E-state index in [4.69, 9.17) is 16.7 Å². The molecule has 10 heteroatoms. The van der Waals surface area contributed by atoms with Crippen LogP contribution in [0.4, 0.5) is 5.69 Å². The molecule has 3 aromatic rings. The number of hydrogen-bond donors (Lipinski definition) is 1. The van der Waals surface area contributed by atoms with E-state index in [-0.39, 0.29) is 35.9 Å². The van der Waals surface area contributed by atoms with Gasteiger partial charge in [-0.1, -0.05) is 53.6 Å². The molecule has 0 spiro atoms. The molecule has 0 aliphatic carbocycles. The molecule has 2 N–H and O–H groups in total. The zero-order valence-electron chi connectivity index (χ0n) is 19.4. The standard InChI is InChI=1S/C26H24ClN3O5S/c1-17-2-4-19(5-3-17)16-29(24(31)14-18-6-8-20(27)9-7-18)23-15-25(32)30(26(23)33)21-10-12-22(13-11-21)36(28,34)35/h2-13,23H,14-16H2,1H3,(H2,28,34,35). The zero-order chi connectivity index (χ0) is 26.0. The Kier molecular flexibility index (Phi) is 7.26. The summed E-state index contributed by atoms with van der Waals surface area (Å²) in [5.74, 6) is -1.35. The van der Waals surface area contributed by atoms with Gasteiger partial charge in [0.05, 0.1) is 23.4 Å². The number of nitrogens with zero attached hydrogens (tertiary/aromatic N) is 2. The quantitative estimate of drug-likeness (QED) is 0.475. The van der Waals surface area contributed by atoms with E-state index in [0.717, 1.165) is 21.6 Å². The first kappa shape index (κ1) is 25.6. The lowest BCUT2D eigenvalue weighted by molar-refractivity contribution is -0.138. The normalized spacial score (nSPS) is 15.9. The monoisotopic (exact) mass is 525 g/mol. The summed E-state index contributed by atoms with van der Waals surface area (Å²) in [6, 6.07) is 18.6. The van der Waals surface area contributed by atoms with Crippen LogP contribution in [0.3, 0.4) is 0 Å². The smallest absolute Gasteiger partial charge is 0.257 e. The first-order chi connectivity index (χ1) is 17.0. The van der Waals surface area contributed by atoms with Gasteiger partial charge in [-0.25, -0.2) is 18.5 Å². The molecule has 1 unspecified atom stereocenters. The minimum Gasteiger partial charge on any atom is -0.325 e. The first-order valence-electron chi connectivity index (χ1n) is 11.1. The van der Waals surface area contributed by atoms with E-state index in [1.165, 1.54) is 29.2 Å². The second kappa shape index (κ2) is 10.2. The molecule has 1 aliphatic rings. The number of benzene rings is 3. The highest BCUT2D eigenvalue weighted by molar-refractivity contribution is 7.89. The molecule has 0 aromatic heterocycles. The van der Waals surface area contributed by atoms with Crippen LogP contribution in [0.5, 0.6) is 0 Å². The van der Waals surface area contributed by atoms with Crippen LogP contribution in [0.15, 0.2) is 77.7 Å². The SMILES string of the molecule is Cc1ccc(CN(C(=O)Cc2ccc(Cl)cc2)C2CC(=O)N(c3ccc(S(N)(=O)=O)cc3)C2=O)cc1. The second-order valence-corrected chi connectivity index (χ2v) is 10.6. The molecule has 8 nitrogen and oxygen atoms in total. The highest BCUT2D eigenvalue weighted by Gasteiger charge is 2.44. The van der Waals surface area contributed by atoms with Crippen LogP contribution in [0.25, 0.3) is 0 Å². The molecule has 1 saturated heterocycles. The topological polar surface area (TPSA) is 118 Å². The second-order valence-electron chi connectivity index (χ2n) is 8.64. The first-order valence-corrected chi connectivity index (χ1v) is 13.0. The summed E-state index contributed by atoms with van der Waals surface area (Å²) < 4.78 is 23.1. The van der Waals surface area contributed by atoms with Crippen LogP contribution in [-0.4, -0.2) is 37.1 Å². The van der Waals surface area contributed by atoms with Crippen molar-refractivity contribution in [1.82, 2.24) is 4.90 Å². The molecule has 1 heterocycles. The van der Waals surface area contributed by atoms with Crippen molar-refractivity contribution >= 4 is 45.0 Å². The minimum atomic E-state index is -3.93. The maximum atomic E-state index is 13.4. The minimum absolute atomic E-state index is 0.0318. The van der Waals surface area contributed by atoms with Crippen LogP contribution in [0.2, 0.25) is 5.02 Å². The van der Waals surface area contributed by atoms with Crippen molar-refractivity contribution < 1.29 is 22.8 Å². The van der Waals surface area contributed by atoms with E-state index < -0.39 is 27.9 Å². The van der Waals surface area contributed by atoms with Crippen LogP contribution in [0, 0.1) is 6.92 Å². The van der Waals surface area contributed by atoms with Gasteiger partial charge in [-0.3, -0.25) is 14.4 Å². The molecule has 3 aromatic carbocycles. The van der Waals surface area contributed by atoms with Crippen molar-refractivity contribution in [3.05, 3.63) is 94.5 Å². The highest BCUT2D eigenvalue weighted by Crippen LogP contribution is 2.28. The summed E-state index contributed by atoms with van der Waals surface area (Å²) in [6.45, 7) is 2.10. The van der Waals surface area contributed by atoms with Gasteiger partial charge in [-0.2, -0.15) is 0 Å². The van der Waals surface area contributed by atoms with Crippen molar-refractivity contribution in [2.45, 2.75) is 37.2 Å². The van der Waals surface area contributed by atoms with Gasteiger partial charge in [0.1, 0.15) is 6.04 Å². The number of amides is 3. The zero-order valence-corrected chi connectivity index (χ0v) is 21.0. The Balaban J connectivity index is 1.63. The van der Waals surface area contributed by atoms with Crippen LogP contribution in [0.1, 0.15) is 23.1 Å². The van der Waals surface area contributed by atoms with Crippen molar-refractivity contribution in [2.75, 3.05) is 4.90 Å². The lowest BCUT2D eigenvalue weighted by Crippen LogP contribution is -2.45. The third kappa shape index (κ3) is 5.64. The molecular weight excluding hydrogens is 502 g/mol. The van der Waals surface area contributed by atoms with Gasteiger partial charge >= 0.3 is 0 Å². The Labute approximate surface area is 214 Å². The molecule has 1 aliphatic heterocycles. The number of carbonyl (C=O) groups is 3. The number of sulfonamides is 1. The van der Waals surface area contributed by atoms with E-state index in [9.17, 15) is 22.8 Å². The average molecular weight is 526 g/mol.